The molecule has 140 valence electrons. The highest BCUT2D eigenvalue weighted by Crippen LogP contribution is 2.24. The van der Waals surface area contributed by atoms with E-state index >= 15 is 0 Å². The first-order valence-electron chi connectivity index (χ1n) is 8.07. The Balaban J connectivity index is 2.09. The van der Waals surface area contributed by atoms with E-state index in [1.54, 1.807) is 55.5 Å². The Morgan fingerprint density at radius 3 is 2.78 bits per heavy atom. The molecule has 0 bridgehead atoms. The summed E-state index contributed by atoms with van der Waals surface area (Å²) < 4.78 is 4.82. The number of halogens is 1. The monoisotopic (exact) mass is 386 g/mol. The molecule has 0 atom stereocenters. The smallest absolute Gasteiger partial charge is 0.330 e. The summed E-state index contributed by atoms with van der Waals surface area (Å²) in [6.07, 6.45) is 4.22. The molecule has 0 aliphatic heterocycles. The Morgan fingerprint density at radius 2 is 2.07 bits per heavy atom. The number of nitrogens with one attached hydrogen (secondary N) is 2. The maximum atomic E-state index is 12.4. The van der Waals surface area contributed by atoms with Crippen molar-refractivity contribution in [2.24, 2.45) is 10.9 Å². The standard InChI is InChI=1S/C19H19ClN4O3/c1-2-27-18(25)9-7-13-6-8-17(16(20)10-13)24-19(26)14-4-3-5-15(11-14)22-12-23-21/h3-12H,2,21H2,1H3,(H,22,23)(H,24,26). The van der Waals surface area contributed by atoms with Crippen LogP contribution in [0.5, 0.6) is 0 Å². The maximum absolute atomic E-state index is 12.4. The lowest BCUT2D eigenvalue weighted by Gasteiger charge is -2.09. The van der Waals surface area contributed by atoms with E-state index < -0.39 is 5.97 Å². The van der Waals surface area contributed by atoms with E-state index in [1.165, 1.54) is 12.4 Å². The molecule has 0 saturated carbocycles. The summed E-state index contributed by atoms with van der Waals surface area (Å²) >= 11 is 6.23. The van der Waals surface area contributed by atoms with E-state index in [0.717, 1.165) is 0 Å². The number of hydrazone groups is 1. The second-order valence-electron chi connectivity index (χ2n) is 5.28. The molecule has 0 radical (unpaired) electrons. The minimum atomic E-state index is -0.431. The maximum Gasteiger partial charge on any atom is 0.330 e. The highest BCUT2D eigenvalue weighted by molar-refractivity contribution is 6.34. The van der Waals surface area contributed by atoms with Crippen LogP contribution in [0.3, 0.4) is 0 Å². The van der Waals surface area contributed by atoms with E-state index in [0.29, 0.717) is 34.1 Å². The number of benzene rings is 2. The minimum absolute atomic E-state index is 0.310. The zero-order chi connectivity index (χ0) is 19.6. The van der Waals surface area contributed by atoms with Crippen LogP contribution in [-0.2, 0) is 9.53 Å². The predicted octanol–water partition coefficient (Wildman–Crippen LogP) is 3.48. The van der Waals surface area contributed by atoms with Crippen LogP contribution < -0.4 is 16.5 Å². The number of anilines is 2. The number of rotatable bonds is 7. The van der Waals surface area contributed by atoms with Gasteiger partial charge in [-0.1, -0.05) is 23.7 Å². The number of amides is 1. The van der Waals surface area contributed by atoms with Crippen molar-refractivity contribution in [3.63, 3.8) is 0 Å². The molecule has 2 rings (SSSR count). The lowest BCUT2D eigenvalue weighted by Crippen LogP contribution is -2.12. The number of ether oxygens (including phenoxy) is 1. The van der Waals surface area contributed by atoms with E-state index in [1.807, 2.05) is 0 Å². The van der Waals surface area contributed by atoms with Crippen LogP contribution in [0, 0.1) is 0 Å². The highest BCUT2D eigenvalue weighted by atomic mass is 35.5. The van der Waals surface area contributed by atoms with Crippen molar-refractivity contribution in [1.29, 1.82) is 0 Å². The van der Waals surface area contributed by atoms with Crippen molar-refractivity contribution in [3.05, 3.63) is 64.7 Å². The van der Waals surface area contributed by atoms with Crippen LogP contribution in [0.2, 0.25) is 5.02 Å². The van der Waals surface area contributed by atoms with Crippen LogP contribution in [-0.4, -0.2) is 24.8 Å². The fourth-order valence-electron chi connectivity index (χ4n) is 2.15. The van der Waals surface area contributed by atoms with Crippen molar-refractivity contribution < 1.29 is 14.3 Å². The Hall–Kier alpha value is -3.32. The third-order valence-corrected chi connectivity index (χ3v) is 3.68. The van der Waals surface area contributed by atoms with Crippen molar-refractivity contribution >= 4 is 47.3 Å². The van der Waals surface area contributed by atoms with Crippen LogP contribution in [0.1, 0.15) is 22.8 Å². The van der Waals surface area contributed by atoms with E-state index in [2.05, 4.69) is 15.7 Å². The summed E-state index contributed by atoms with van der Waals surface area (Å²) in [7, 11) is 0. The Morgan fingerprint density at radius 1 is 1.26 bits per heavy atom. The molecule has 0 unspecified atom stereocenters. The molecule has 27 heavy (non-hydrogen) atoms. The molecular weight excluding hydrogens is 368 g/mol. The lowest BCUT2D eigenvalue weighted by molar-refractivity contribution is -0.137. The van der Waals surface area contributed by atoms with Gasteiger partial charge in [0, 0.05) is 17.3 Å². The van der Waals surface area contributed by atoms with Gasteiger partial charge in [0.1, 0.15) is 6.34 Å². The van der Waals surface area contributed by atoms with Gasteiger partial charge >= 0.3 is 5.97 Å². The fourth-order valence-corrected chi connectivity index (χ4v) is 2.38. The first kappa shape index (κ1) is 20.0. The van der Waals surface area contributed by atoms with Gasteiger partial charge in [-0.15, -0.1) is 0 Å². The van der Waals surface area contributed by atoms with Crippen molar-refractivity contribution in [3.8, 4) is 0 Å². The summed E-state index contributed by atoms with van der Waals surface area (Å²) in [4.78, 5) is 23.8. The molecule has 4 N–H and O–H groups in total. The van der Waals surface area contributed by atoms with Crippen LogP contribution in [0.4, 0.5) is 11.4 Å². The van der Waals surface area contributed by atoms with Crippen LogP contribution in [0.15, 0.2) is 53.6 Å². The Bertz CT molecular complexity index is 881. The largest absolute Gasteiger partial charge is 0.463 e. The summed E-state index contributed by atoms with van der Waals surface area (Å²) in [5.74, 6) is 4.29. The second kappa shape index (κ2) is 9.98. The molecule has 0 heterocycles. The number of hydrogen-bond acceptors (Lipinski definition) is 5. The number of carbonyl (C=O) groups excluding carboxylic acids is 2. The van der Waals surface area contributed by atoms with Crippen molar-refractivity contribution in [2.45, 2.75) is 6.92 Å². The van der Waals surface area contributed by atoms with E-state index in [9.17, 15) is 9.59 Å². The number of carbonyl (C=O) groups is 2. The summed E-state index contributed by atoms with van der Waals surface area (Å²) in [6.45, 7) is 2.04. The third-order valence-electron chi connectivity index (χ3n) is 3.37. The molecule has 8 heteroatoms. The normalized spacial score (nSPS) is 10.9. The zero-order valence-corrected chi connectivity index (χ0v) is 15.4. The summed E-state index contributed by atoms with van der Waals surface area (Å²) in [5.41, 5.74) is 2.27. The fraction of sp³-hybridized carbons (Fsp3) is 0.105. The Labute approximate surface area is 161 Å². The molecule has 0 aliphatic carbocycles. The van der Waals surface area contributed by atoms with Crippen LogP contribution in [0.25, 0.3) is 6.08 Å². The number of nitrogens with two attached hydrogens (primary N) is 1. The van der Waals surface area contributed by atoms with Gasteiger partial charge in [0.15, 0.2) is 0 Å². The molecule has 0 saturated heterocycles. The minimum Gasteiger partial charge on any atom is -0.463 e. The van der Waals surface area contributed by atoms with Gasteiger partial charge in [0.2, 0.25) is 0 Å². The topological polar surface area (TPSA) is 106 Å². The van der Waals surface area contributed by atoms with E-state index in [4.69, 9.17) is 22.2 Å². The quantitative estimate of drug-likeness (QED) is 0.169. The molecule has 0 fully saturated rings. The number of hydrogen-bond donors (Lipinski definition) is 3. The molecular formula is C19H19ClN4O3. The number of esters is 1. The van der Waals surface area contributed by atoms with E-state index in [-0.39, 0.29) is 5.91 Å². The molecule has 0 aliphatic rings. The predicted molar refractivity (Wildman–Crippen MR) is 108 cm³/mol. The van der Waals surface area contributed by atoms with Crippen molar-refractivity contribution in [1.82, 2.24) is 0 Å². The average Bonchev–Trinajstić information content (AvgIpc) is 2.67. The van der Waals surface area contributed by atoms with Gasteiger partial charge in [-0.05, 0) is 48.9 Å². The molecule has 2 aromatic carbocycles. The highest BCUT2D eigenvalue weighted by Gasteiger charge is 2.09. The first-order chi connectivity index (χ1) is 13.0. The SMILES string of the molecule is CCOC(=O)C=Cc1ccc(NC(=O)c2cccc(NC=NN)c2)c(Cl)c1. The van der Waals surface area contributed by atoms with Crippen molar-refractivity contribution in [2.75, 3.05) is 17.2 Å². The lowest BCUT2D eigenvalue weighted by atomic mass is 10.1. The van der Waals surface area contributed by atoms with Gasteiger partial charge in [-0.2, -0.15) is 5.10 Å². The first-order valence-corrected chi connectivity index (χ1v) is 8.45. The summed E-state index contributed by atoms with van der Waals surface area (Å²) in [6, 6.07) is 11.9. The summed E-state index contributed by atoms with van der Waals surface area (Å²) in [5, 5.41) is 9.27. The average molecular weight is 387 g/mol. The van der Waals surface area contributed by atoms with Gasteiger partial charge in [0.25, 0.3) is 5.91 Å². The molecule has 7 nitrogen and oxygen atoms in total. The van der Waals surface area contributed by atoms with Gasteiger partial charge < -0.3 is 21.2 Å². The zero-order valence-electron chi connectivity index (χ0n) is 14.6. The van der Waals surface area contributed by atoms with Gasteiger partial charge in [-0.25, -0.2) is 4.79 Å². The Kier molecular flexibility index (Phi) is 7.39. The van der Waals surface area contributed by atoms with Crippen LogP contribution >= 0.6 is 11.6 Å². The molecule has 1 amide bonds. The van der Waals surface area contributed by atoms with Gasteiger partial charge in [-0.3, -0.25) is 4.79 Å². The third kappa shape index (κ3) is 6.16. The number of nitrogens with zero attached hydrogens (tertiary/aromatic N) is 1. The second-order valence-corrected chi connectivity index (χ2v) is 5.69. The molecule has 2 aromatic rings. The molecule has 0 spiro atoms. The van der Waals surface area contributed by atoms with Gasteiger partial charge in [0.05, 0.1) is 17.3 Å². The molecule has 0 aromatic heterocycles.